The van der Waals surface area contributed by atoms with E-state index in [0.29, 0.717) is 37.9 Å². The van der Waals surface area contributed by atoms with E-state index < -0.39 is 11.9 Å². The number of hydrogen-bond acceptors (Lipinski definition) is 5. The molecule has 1 unspecified atom stereocenters. The first kappa shape index (κ1) is 16.2. The van der Waals surface area contributed by atoms with Gasteiger partial charge >= 0.3 is 0 Å². The lowest BCUT2D eigenvalue weighted by molar-refractivity contribution is -0.134. The standard InChI is InChI=1S/C17H19N3O4/c21-13-7-9-20(10-8-13)12-3-1-11(2-4-12)16(23)18-14-5-6-15(22)19-17(14)24/h1-4,14H,5-10H2,(H,18,23)(H,19,22,24). The molecule has 2 saturated heterocycles. The zero-order valence-corrected chi connectivity index (χ0v) is 13.2. The van der Waals surface area contributed by atoms with Crippen LogP contribution in [0, 0.1) is 0 Å². The molecule has 2 aliphatic heterocycles. The Morgan fingerprint density at radius 3 is 2.33 bits per heavy atom. The minimum Gasteiger partial charge on any atom is -0.371 e. The second-order valence-electron chi connectivity index (χ2n) is 6.05. The van der Waals surface area contributed by atoms with Gasteiger partial charge in [-0.3, -0.25) is 24.5 Å². The molecule has 0 aromatic heterocycles. The number of rotatable bonds is 3. The number of carbonyl (C=O) groups excluding carboxylic acids is 4. The number of amides is 3. The highest BCUT2D eigenvalue weighted by atomic mass is 16.2. The molecule has 0 bridgehead atoms. The quantitative estimate of drug-likeness (QED) is 0.782. The summed E-state index contributed by atoms with van der Waals surface area (Å²) in [5, 5.41) is 4.86. The van der Waals surface area contributed by atoms with Gasteiger partial charge < -0.3 is 10.2 Å². The summed E-state index contributed by atoms with van der Waals surface area (Å²) in [5.74, 6) is -0.833. The summed E-state index contributed by atoms with van der Waals surface area (Å²) in [6, 6.07) is 6.41. The van der Waals surface area contributed by atoms with Crippen molar-refractivity contribution < 1.29 is 19.2 Å². The number of Topliss-reactive ketones (excluding diaryl/α,β-unsaturated/α-hetero) is 1. The molecule has 0 aliphatic carbocycles. The molecule has 3 amide bonds. The summed E-state index contributed by atoms with van der Waals surface area (Å²) in [6.07, 6.45) is 1.65. The summed E-state index contributed by atoms with van der Waals surface area (Å²) < 4.78 is 0. The SMILES string of the molecule is O=C1CCN(c2ccc(C(=O)NC3CCC(=O)NC3=O)cc2)CC1. The van der Waals surface area contributed by atoms with E-state index in [1.807, 2.05) is 12.1 Å². The molecule has 2 heterocycles. The molecule has 2 fully saturated rings. The van der Waals surface area contributed by atoms with Crippen LogP contribution in [-0.2, 0) is 14.4 Å². The van der Waals surface area contributed by atoms with Crippen LogP contribution >= 0.6 is 0 Å². The Kier molecular flexibility index (Phi) is 4.59. The molecule has 126 valence electrons. The lowest BCUT2D eigenvalue weighted by Gasteiger charge is -2.28. The smallest absolute Gasteiger partial charge is 0.251 e. The molecular weight excluding hydrogens is 310 g/mol. The fraction of sp³-hybridized carbons (Fsp3) is 0.412. The van der Waals surface area contributed by atoms with E-state index in [9.17, 15) is 19.2 Å². The molecule has 0 saturated carbocycles. The van der Waals surface area contributed by atoms with Crippen molar-refractivity contribution in [2.75, 3.05) is 18.0 Å². The number of anilines is 1. The zero-order valence-electron chi connectivity index (χ0n) is 13.2. The highest BCUT2D eigenvalue weighted by molar-refractivity contribution is 6.03. The molecule has 1 aromatic carbocycles. The van der Waals surface area contributed by atoms with Crippen molar-refractivity contribution in [1.29, 1.82) is 0 Å². The van der Waals surface area contributed by atoms with Crippen molar-refractivity contribution in [1.82, 2.24) is 10.6 Å². The number of imide groups is 1. The molecule has 0 spiro atoms. The van der Waals surface area contributed by atoms with Crippen molar-refractivity contribution in [2.24, 2.45) is 0 Å². The third-order valence-electron chi connectivity index (χ3n) is 4.36. The van der Waals surface area contributed by atoms with E-state index in [0.717, 1.165) is 5.69 Å². The maximum Gasteiger partial charge on any atom is 0.251 e. The Morgan fingerprint density at radius 1 is 1.04 bits per heavy atom. The molecule has 0 radical (unpaired) electrons. The minimum atomic E-state index is -0.678. The van der Waals surface area contributed by atoms with Gasteiger partial charge in [-0.25, -0.2) is 0 Å². The van der Waals surface area contributed by atoms with E-state index in [1.54, 1.807) is 12.1 Å². The predicted octanol–water partition coefficient (Wildman–Crippen LogP) is 0.391. The molecular formula is C17H19N3O4. The second-order valence-corrected chi connectivity index (χ2v) is 6.05. The first-order valence-corrected chi connectivity index (χ1v) is 8.04. The number of nitrogens with zero attached hydrogens (tertiary/aromatic N) is 1. The van der Waals surface area contributed by atoms with Gasteiger partial charge in [0.25, 0.3) is 5.91 Å². The van der Waals surface area contributed by atoms with E-state index in [1.165, 1.54) is 0 Å². The van der Waals surface area contributed by atoms with Gasteiger partial charge in [-0.15, -0.1) is 0 Å². The molecule has 7 nitrogen and oxygen atoms in total. The molecule has 2 N–H and O–H groups in total. The van der Waals surface area contributed by atoms with Crippen molar-refractivity contribution in [3.05, 3.63) is 29.8 Å². The third kappa shape index (κ3) is 3.61. The lowest BCUT2D eigenvalue weighted by atomic mass is 10.1. The van der Waals surface area contributed by atoms with Gasteiger partial charge in [0.1, 0.15) is 11.8 Å². The number of nitrogens with one attached hydrogen (secondary N) is 2. The Hall–Kier alpha value is -2.70. The van der Waals surface area contributed by atoms with Gasteiger partial charge in [-0.2, -0.15) is 0 Å². The van der Waals surface area contributed by atoms with E-state index >= 15 is 0 Å². The normalized spacial score (nSPS) is 21.4. The van der Waals surface area contributed by atoms with E-state index in [-0.39, 0.29) is 24.0 Å². The summed E-state index contributed by atoms with van der Waals surface area (Å²) >= 11 is 0. The van der Waals surface area contributed by atoms with Crippen molar-refractivity contribution in [3.8, 4) is 0 Å². The average molecular weight is 329 g/mol. The molecule has 2 aliphatic rings. The maximum atomic E-state index is 12.2. The maximum absolute atomic E-state index is 12.2. The summed E-state index contributed by atoms with van der Waals surface area (Å²) in [5.41, 5.74) is 1.43. The number of hydrogen-bond donors (Lipinski definition) is 2. The third-order valence-corrected chi connectivity index (χ3v) is 4.36. The summed E-state index contributed by atoms with van der Waals surface area (Å²) in [6.45, 7) is 1.39. The molecule has 24 heavy (non-hydrogen) atoms. The minimum absolute atomic E-state index is 0.226. The fourth-order valence-corrected chi connectivity index (χ4v) is 2.91. The molecule has 1 atom stereocenters. The topological polar surface area (TPSA) is 95.6 Å². The van der Waals surface area contributed by atoms with Crippen LogP contribution in [0.5, 0.6) is 0 Å². The van der Waals surface area contributed by atoms with Crippen LogP contribution in [0.15, 0.2) is 24.3 Å². The van der Waals surface area contributed by atoms with Gasteiger partial charge in [0.15, 0.2) is 0 Å². The summed E-state index contributed by atoms with van der Waals surface area (Å²) in [4.78, 5) is 48.4. The van der Waals surface area contributed by atoms with Crippen LogP contribution in [0.3, 0.4) is 0 Å². The highest BCUT2D eigenvalue weighted by Crippen LogP contribution is 2.19. The Bertz CT molecular complexity index is 674. The van der Waals surface area contributed by atoms with Crippen LogP contribution in [0.4, 0.5) is 5.69 Å². The second kappa shape index (κ2) is 6.82. The van der Waals surface area contributed by atoms with Gasteiger partial charge in [-0.05, 0) is 30.7 Å². The fourth-order valence-electron chi connectivity index (χ4n) is 2.91. The van der Waals surface area contributed by atoms with Gasteiger partial charge in [-0.1, -0.05) is 0 Å². The molecule has 3 rings (SSSR count). The molecule has 1 aromatic rings. The van der Waals surface area contributed by atoms with E-state index in [4.69, 9.17) is 0 Å². The zero-order chi connectivity index (χ0) is 17.1. The predicted molar refractivity (Wildman–Crippen MR) is 86.5 cm³/mol. The van der Waals surface area contributed by atoms with Crippen LogP contribution in [-0.4, -0.2) is 42.6 Å². The van der Waals surface area contributed by atoms with Crippen molar-refractivity contribution in [2.45, 2.75) is 31.7 Å². The Balaban J connectivity index is 1.60. The number of carbonyl (C=O) groups is 4. The monoisotopic (exact) mass is 329 g/mol. The van der Waals surface area contributed by atoms with Crippen LogP contribution < -0.4 is 15.5 Å². The van der Waals surface area contributed by atoms with Gasteiger partial charge in [0.05, 0.1) is 0 Å². The van der Waals surface area contributed by atoms with Crippen molar-refractivity contribution >= 4 is 29.2 Å². The van der Waals surface area contributed by atoms with Crippen molar-refractivity contribution in [3.63, 3.8) is 0 Å². The van der Waals surface area contributed by atoms with Crippen LogP contribution in [0.25, 0.3) is 0 Å². The van der Waals surface area contributed by atoms with Gasteiger partial charge in [0, 0.05) is 43.6 Å². The van der Waals surface area contributed by atoms with E-state index in [2.05, 4.69) is 15.5 Å². The van der Waals surface area contributed by atoms with Crippen LogP contribution in [0.1, 0.15) is 36.0 Å². The van der Waals surface area contributed by atoms with Crippen LogP contribution in [0.2, 0.25) is 0 Å². The van der Waals surface area contributed by atoms with Gasteiger partial charge in [0.2, 0.25) is 11.8 Å². The summed E-state index contributed by atoms with van der Waals surface area (Å²) in [7, 11) is 0. The number of piperidine rings is 2. The Morgan fingerprint density at radius 2 is 1.71 bits per heavy atom. The number of ketones is 1. The molecule has 7 heteroatoms. The largest absolute Gasteiger partial charge is 0.371 e. The highest BCUT2D eigenvalue weighted by Gasteiger charge is 2.28. The first-order valence-electron chi connectivity index (χ1n) is 8.04. The average Bonchev–Trinajstić information content (AvgIpc) is 2.58. The lowest BCUT2D eigenvalue weighted by Crippen LogP contribution is -2.52. The Labute approximate surface area is 139 Å². The number of benzene rings is 1. The first-order chi connectivity index (χ1) is 11.5.